The number of carboxylic acid groups (broad SMARTS) is 1. The lowest BCUT2D eigenvalue weighted by Crippen LogP contribution is -2.12. The van der Waals surface area contributed by atoms with Gasteiger partial charge >= 0.3 is 5.97 Å². The highest BCUT2D eigenvalue weighted by atomic mass is 16.4. The largest absolute Gasteiger partial charge is 0.478 e. The first-order chi connectivity index (χ1) is 5.92. The molecule has 0 aromatic heterocycles. The summed E-state index contributed by atoms with van der Waals surface area (Å²) in [7, 11) is 5.76. The molecular formula is C9H10BNO2. The van der Waals surface area contributed by atoms with Gasteiger partial charge in [0.2, 0.25) is 0 Å². The second kappa shape index (κ2) is 3.13. The van der Waals surface area contributed by atoms with Crippen LogP contribution >= 0.6 is 0 Å². The minimum Gasteiger partial charge on any atom is -0.478 e. The third kappa shape index (κ3) is 2.24. The summed E-state index contributed by atoms with van der Waals surface area (Å²) in [6, 6.07) is 0. The summed E-state index contributed by atoms with van der Waals surface area (Å²) in [6.45, 7) is 1.75. The van der Waals surface area contributed by atoms with Gasteiger partial charge in [-0.05, 0) is 11.4 Å². The zero-order chi connectivity index (χ0) is 10.1. The van der Waals surface area contributed by atoms with Gasteiger partial charge in [-0.1, -0.05) is 25.2 Å². The van der Waals surface area contributed by atoms with Crippen LogP contribution in [0.5, 0.6) is 0 Å². The lowest BCUT2D eigenvalue weighted by Gasteiger charge is -2.14. The van der Waals surface area contributed by atoms with Gasteiger partial charge in [0, 0.05) is 5.70 Å². The summed E-state index contributed by atoms with van der Waals surface area (Å²) in [6.07, 6.45) is 6.25. The Morgan fingerprint density at radius 1 is 1.69 bits per heavy atom. The van der Waals surface area contributed by atoms with Gasteiger partial charge in [0.1, 0.15) is 0 Å². The highest BCUT2D eigenvalue weighted by Gasteiger charge is 2.17. The molecule has 0 bridgehead atoms. The SMILES string of the molecule is [B]C1(C)C=CC=C(C(=O)O)C(N)=C1. The van der Waals surface area contributed by atoms with E-state index in [0.29, 0.717) is 0 Å². The summed E-state index contributed by atoms with van der Waals surface area (Å²) < 4.78 is 0. The van der Waals surface area contributed by atoms with Crippen LogP contribution in [0.15, 0.2) is 35.6 Å². The molecule has 66 valence electrons. The Morgan fingerprint density at radius 3 is 2.85 bits per heavy atom. The minimum atomic E-state index is -1.05. The maximum absolute atomic E-state index is 10.7. The van der Waals surface area contributed by atoms with E-state index in [-0.39, 0.29) is 11.3 Å². The zero-order valence-electron chi connectivity index (χ0n) is 7.32. The minimum absolute atomic E-state index is 0.0745. The average Bonchev–Trinajstić information content (AvgIpc) is 2.06. The third-order valence-electron chi connectivity index (χ3n) is 1.73. The van der Waals surface area contributed by atoms with Crippen LogP contribution < -0.4 is 5.73 Å². The van der Waals surface area contributed by atoms with Gasteiger partial charge in [-0.25, -0.2) is 4.79 Å². The third-order valence-corrected chi connectivity index (χ3v) is 1.73. The average molecular weight is 175 g/mol. The van der Waals surface area contributed by atoms with Crippen molar-refractivity contribution in [2.24, 2.45) is 5.73 Å². The molecule has 3 nitrogen and oxygen atoms in total. The fourth-order valence-electron chi connectivity index (χ4n) is 1.10. The maximum Gasteiger partial charge on any atom is 0.337 e. The highest BCUT2D eigenvalue weighted by Crippen LogP contribution is 2.28. The first-order valence-corrected chi connectivity index (χ1v) is 3.83. The monoisotopic (exact) mass is 175 g/mol. The fraction of sp³-hybridized carbons (Fsp3) is 0.222. The van der Waals surface area contributed by atoms with E-state index >= 15 is 0 Å². The number of hydrogen-bond acceptors (Lipinski definition) is 2. The Hall–Kier alpha value is -1.45. The molecule has 1 unspecified atom stereocenters. The Balaban J connectivity index is 3.12. The molecule has 1 atom stereocenters. The number of nitrogens with two attached hydrogens (primary N) is 1. The summed E-state index contributed by atoms with van der Waals surface area (Å²) in [5, 5.41) is 8.06. The van der Waals surface area contributed by atoms with Crippen molar-refractivity contribution in [2.45, 2.75) is 12.2 Å². The standard InChI is InChI=1S/C9H10BNO2/c1-9(10)4-2-3-6(8(12)13)7(11)5-9/h2-5H,11H2,1H3,(H,12,13). The van der Waals surface area contributed by atoms with E-state index in [0.717, 1.165) is 0 Å². The maximum atomic E-state index is 10.7. The summed E-state index contributed by atoms with van der Waals surface area (Å²) >= 11 is 0. The first-order valence-electron chi connectivity index (χ1n) is 3.83. The van der Waals surface area contributed by atoms with Gasteiger partial charge in [-0.3, -0.25) is 0 Å². The number of carboxylic acids is 1. The molecule has 1 aliphatic carbocycles. The van der Waals surface area contributed by atoms with Crippen molar-refractivity contribution in [2.75, 3.05) is 0 Å². The van der Waals surface area contributed by atoms with E-state index in [1.807, 2.05) is 0 Å². The van der Waals surface area contributed by atoms with Gasteiger partial charge in [-0.2, -0.15) is 0 Å². The van der Waals surface area contributed by atoms with E-state index in [2.05, 4.69) is 0 Å². The second-order valence-electron chi connectivity index (χ2n) is 3.21. The molecule has 3 N–H and O–H groups in total. The Bertz CT molecular complexity index is 327. The van der Waals surface area contributed by atoms with Crippen LogP contribution in [0.1, 0.15) is 6.92 Å². The van der Waals surface area contributed by atoms with Crippen LogP contribution in [0, 0.1) is 0 Å². The van der Waals surface area contributed by atoms with Crippen LogP contribution in [0.3, 0.4) is 0 Å². The Morgan fingerprint density at radius 2 is 2.31 bits per heavy atom. The van der Waals surface area contributed by atoms with Crippen molar-refractivity contribution in [3.8, 4) is 0 Å². The topological polar surface area (TPSA) is 63.3 Å². The molecule has 13 heavy (non-hydrogen) atoms. The van der Waals surface area contributed by atoms with Gasteiger partial charge in [-0.15, -0.1) is 0 Å². The predicted octanol–water partition coefficient (Wildman–Crippen LogP) is 0.757. The second-order valence-corrected chi connectivity index (χ2v) is 3.21. The Labute approximate surface area is 78.0 Å². The van der Waals surface area contributed by atoms with Crippen LogP contribution in [-0.4, -0.2) is 18.9 Å². The Kier molecular flexibility index (Phi) is 2.32. The number of hydrogen-bond donors (Lipinski definition) is 2. The van der Waals surface area contributed by atoms with Crippen molar-refractivity contribution >= 4 is 13.8 Å². The lowest BCUT2D eigenvalue weighted by molar-refractivity contribution is -0.132. The van der Waals surface area contributed by atoms with Crippen molar-refractivity contribution < 1.29 is 9.90 Å². The fourth-order valence-corrected chi connectivity index (χ4v) is 1.10. The van der Waals surface area contributed by atoms with E-state index in [1.165, 1.54) is 12.2 Å². The molecular weight excluding hydrogens is 165 g/mol. The van der Waals surface area contributed by atoms with Crippen molar-refractivity contribution in [3.05, 3.63) is 35.6 Å². The molecule has 1 rings (SSSR count). The number of allylic oxidation sites excluding steroid dienone is 4. The van der Waals surface area contributed by atoms with Crippen molar-refractivity contribution in [3.63, 3.8) is 0 Å². The van der Waals surface area contributed by atoms with Gasteiger partial charge < -0.3 is 10.8 Å². The van der Waals surface area contributed by atoms with Crippen molar-refractivity contribution in [1.29, 1.82) is 0 Å². The molecule has 0 saturated heterocycles. The van der Waals surface area contributed by atoms with E-state index in [4.69, 9.17) is 18.7 Å². The molecule has 0 aliphatic heterocycles. The number of aliphatic carboxylic acids is 1. The normalized spacial score (nSPS) is 27.5. The van der Waals surface area contributed by atoms with Crippen LogP contribution in [-0.2, 0) is 4.79 Å². The molecule has 1 aliphatic rings. The van der Waals surface area contributed by atoms with Crippen LogP contribution in [0.4, 0.5) is 0 Å². The van der Waals surface area contributed by atoms with Gasteiger partial charge in [0.25, 0.3) is 0 Å². The van der Waals surface area contributed by atoms with Crippen LogP contribution in [0.25, 0.3) is 0 Å². The number of rotatable bonds is 1. The van der Waals surface area contributed by atoms with E-state index in [9.17, 15) is 4.79 Å². The number of carbonyl (C=O) groups is 1. The van der Waals surface area contributed by atoms with Crippen molar-refractivity contribution in [1.82, 2.24) is 0 Å². The summed E-state index contributed by atoms with van der Waals surface area (Å²) in [5.41, 5.74) is 5.82. The molecule has 0 aromatic carbocycles. The smallest absolute Gasteiger partial charge is 0.337 e. The summed E-state index contributed by atoms with van der Waals surface area (Å²) in [5.74, 6) is -1.05. The molecule has 2 radical (unpaired) electrons. The lowest BCUT2D eigenvalue weighted by atomic mass is 9.70. The van der Waals surface area contributed by atoms with Gasteiger partial charge in [0.05, 0.1) is 13.4 Å². The summed E-state index contributed by atoms with van der Waals surface area (Å²) in [4.78, 5) is 10.7. The molecule has 0 spiro atoms. The van der Waals surface area contributed by atoms with E-state index in [1.54, 1.807) is 19.1 Å². The first kappa shape index (κ1) is 9.64. The zero-order valence-corrected chi connectivity index (χ0v) is 7.32. The van der Waals surface area contributed by atoms with E-state index < -0.39 is 11.3 Å². The molecule has 0 fully saturated rings. The highest BCUT2D eigenvalue weighted by molar-refractivity contribution is 6.18. The molecule has 0 saturated carbocycles. The molecule has 0 amide bonds. The molecule has 0 aromatic rings. The quantitative estimate of drug-likeness (QED) is 0.578. The predicted molar refractivity (Wildman–Crippen MR) is 51.3 cm³/mol. The molecule has 0 heterocycles. The van der Waals surface area contributed by atoms with Gasteiger partial charge in [0.15, 0.2) is 0 Å². The molecule has 4 heteroatoms. The van der Waals surface area contributed by atoms with Crippen LogP contribution in [0.2, 0.25) is 5.31 Å².